The molecule has 6 nitrogen and oxygen atoms in total. The molecule has 0 aromatic carbocycles. The molecule has 1 atom stereocenters. The van der Waals surface area contributed by atoms with Gasteiger partial charge in [-0.05, 0) is 25.5 Å². The van der Waals surface area contributed by atoms with Gasteiger partial charge in [0.2, 0.25) is 4.87 Å². The van der Waals surface area contributed by atoms with E-state index in [0.717, 1.165) is 37.5 Å². The number of aliphatic carboxylic acids is 1. The van der Waals surface area contributed by atoms with Crippen LogP contribution >= 0.6 is 12.6 Å². The molecule has 0 bridgehead atoms. The van der Waals surface area contributed by atoms with Crippen molar-refractivity contribution >= 4 is 24.3 Å². The van der Waals surface area contributed by atoms with E-state index in [1.807, 2.05) is 13.8 Å². The maximum atomic E-state index is 10.9. The number of nitrogens with one attached hydrogen (secondary N) is 2. The molecular weight excluding hydrogens is 266 g/mol. The Kier molecular flexibility index (Phi) is 6.33. The number of carbonyl (C=O) groups is 1. The normalized spacial score (nSPS) is 25.0. The Labute approximate surface area is 118 Å². The summed E-state index contributed by atoms with van der Waals surface area (Å²) in [5, 5.41) is 16.1. The SMILES string of the molecule is CCOCC.O=C(O)C1(S)C=C2CNCCC2=NN1. The monoisotopic (exact) mass is 287 g/mol. The number of ether oxygens (including phenoxy) is 1. The zero-order chi connectivity index (χ0) is 14.3. The smallest absolute Gasteiger partial charge is 0.345 e. The lowest BCUT2D eigenvalue weighted by molar-refractivity contribution is -0.139. The molecule has 7 heteroatoms. The number of nitrogens with zero attached hydrogens (tertiary/aromatic N) is 1. The van der Waals surface area contributed by atoms with E-state index < -0.39 is 10.8 Å². The first-order valence-electron chi connectivity index (χ1n) is 6.33. The molecule has 0 spiro atoms. The Balaban J connectivity index is 0.000000312. The number of hydrazone groups is 1. The average Bonchev–Trinajstić information content (AvgIpc) is 2.40. The lowest BCUT2D eigenvalue weighted by Crippen LogP contribution is -2.48. The van der Waals surface area contributed by atoms with E-state index in [1.54, 1.807) is 6.08 Å². The van der Waals surface area contributed by atoms with Gasteiger partial charge in [-0.15, -0.1) is 12.6 Å². The van der Waals surface area contributed by atoms with Crippen molar-refractivity contribution in [1.82, 2.24) is 10.7 Å². The predicted molar refractivity (Wildman–Crippen MR) is 77.7 cm³/mol. The van der Waals surface area contributed by atoms with Gasteiger partial charge in [0.05, 0.1) is 5.71 Å². The third kappa shape index (κ3) is 4.52. The molecule has 2 aliphatic rings. The molecule has 19 heavy (non-hydrogen) atoms. The average molecular weight is 287 g/mol. The highest BCUT2D eigenvalue weighted by Crippen LogP contribution is 2.22. The van der Waals surface area contributed by atoms with Crippen molar-refractivity contribution < 1.29 is 14.6 Å². The Hall–Kier alpha value is -1.05. The zero-order valence-corrected chi connectivity index (χ0v) is 12.2. The van der Waals surface area contributed by atoms with E-state index in [9.17, 15) is 4.79 Å². The number of carboxylic acid groups (broad SMARTS) is 1. The van der Waals surface area contributed by atoms with Crippen molar-refractivity contribution in [3.05, 3.63) is 11.6 Å². The molecule has 108 valence electrons. The molecule has 0 aromatic rings. The van der Waals surface area contributed by atoms with Crippen LogP contribution in [0.15, 0.2) is 16.8 Å². The number of piperidine rings is 1. The second kappa shape index (κ2) is 7.52. The van der Waals surface area contributed by atoms with Gasteiger partial charge in [-0.25, -0.2) is 4.79 Å². The summed E-state index contributed by atoms with van der Waals surface area (Å²) in [7, 11) is 0. The van der Waals surface area contributed by atoms with Gasteiger partial charge in [-0.1, -0.05) is 0 Å². The van der Waals surface area contributed by atoms with Crippen LogP contribution in [0, 0.1) is 0 Å². The summed E-state index contributed by atoms with van der Waals surface area (Å²) in [6.45, 7) is 7.21. The van der Waals surface area contributed by atoms with Crippen molar-refractivity contribution in [1.29, 1.82) is 0 Å². The van der Waals surface area contributed by atoms with Crippen molar-refractivity contribution in [2.24, 2.45) is 5.10 Å². The van der Waals surface area contributed by atoms with Crippen LogP contribution in [0.5, 0.6) is 0 Å². The van der Waals surface area contributed by atoms with Crippen LogP contribution in [0.4, 0.5) is 0 Å². The summed E-state index contributed by atoms with van der Waals surface area (Å²) in [5.41, 5.74) is 4.39. The summed E-state index contributed by atoms with van der Waals surface area (Å²) in [6, 6.07) is 0. The third-order valence-electron chi connectivity index (χ3n) is 2.70. The minimum atomic E-state index is -1.36. The van der Waals surface area contributed by atoms with Gasteiger partial charge in [-0.3, -0.25) is 5.43 Å². The molecular formula is C12H21N3O3S. The number of thiol groups is 1. The van der Waals surface area contributed by atoms with Gasteiger partial charge >= 0.3 is 5.97 Å². The fourth-order valence-corrected chi connectivity index (χ4v) is 1.91. The summed E-state index contributed by atoms with van der Waals surface area (Å²) >= 11 is 4.04. The van der Waals surface area contributed by atoms with E-state index in [1.165, 1.54) is 0 Å². The van der Waals surface area contributed by atoms with Gasteiger partial charge < -0.3 is 15.2 Å². The number of hydrogen-bond donors (Lipinski definition) is 4. The Morgan fingerprint density at radius 3 is 2.79 bits per heavy atom. The largest absolute Gasteiger partial charge is 0.479 e. The maximum absolute atomic E-state index is 10.9. The molecule has 1 unspecified atom stereocenters. The van der Waals surface area contributed by atoms with Gasteiger partial charge in [0.25, 0.3) is 0 Å². The van der Waals surface area contributed by atoms with Gasteiger partial charge in [0.15, 0.2) is 0 Å². The van der Waals surface area contributed by atoms with E-state index in [2.05, 4.69) is 28.5 Å². The summed E-state index contributed by atoms with van der Waals surface area (Å²) in [4.78, 5) is 9.51. The number of carboxylic acids is 1. The Bertz CT molecular complexity index is 382. The third-order valence-corrected chi connectivity index (χ3v) is 3.12. The first-order valence-corrected chi connectivity index (χ1v) is 6.78. The van der Waals surface area contributed by atoms with Crippen LogP contribution in [-0.2, 0) is 9.53 Å². The summed E-state index contributed by atoms with van der Waals surface area (Å²) in [6.07, 6.45) is 2.43. The van der Waals surface area contributed by atoms with Gasteiger partial charge in [-0.2, -0.15) is 5.10 Å². The highest BCUT2D eigenvalue weighted by molar-refractivity contribution is 7.82. The van der Waals surface area contributed by atoms with E-state index >= 15 is 0 Å². The van der Waals surface area contributed by atoms with Crippen LogP contribution < -0.4 is 10.7 Å². The number of rotatable bonds is 3. The molecule has 0 aliphatic carbocycles. The van der Waals surface area contributed by atoms with E-state index in [-0.39, 0.29) is 0 Å². The summed E-state index contributed by atoms with van der Waals surface area (Å²) in [5.74, 6) is -1.04. The highest BCUT2D eigenvalue weighted by Gasteiger charge is 2.36. The van der Waals surface area contributed by atoms with Gasteiger partial charge in [0.1, 0.15) is 0 Å². The van der Waals surface area contributed by atoms with Crippen LogP contribution in [0.1, 0.15) is 20.3 Å². The lowest BCUT2D eigenvalue weighted by Gasteiger charge is -2.29. The quantitative estimate of drug-likeness (QED) is 0.572. The fraction of sp³-hybridized carbons (Fsp3) is 0.667. The number of fused-ring (bicyclic) bond motifs is 1. The molecule has 2 aliphatic heterocycles. The zero-order valence-electron chi connectivity index (χ0n) is 11.3. The van der Waals surface area contributed by atoms with Crippen LogP contribution in [0.3, 0.4) is 0 Å². The van der Waals surface area contributed by atoms with Crippen molar-refractivity contribution in [2.45, 2.75) is 25.1 Å². The first-order chi connectivity index (χ1) is 9.03. The maximum Gasteiger partial charge on any atom is 0.345 e. The molecule has 2 rings (SSSR count). The molecule has 0 amide bonds. The van der Waals surface area contributed by atoms with Crippen molar-refractivity contribution in [3.63, 3.8) is 0 Å². The predicted octanol–water partition coefficient (Wildman–Crippen LogP) is 0.619. The Morgan fingerprint density at radius 2 is 2.26 bits per heavy atom. The van der Waals surface area contributed by atoms with Crippen molar-refractivity contribution in [2.75, 3.05) is 26.3 Å². The summed E-state index contributed by atoms with van der Waals surface area (Å²) < 4.78 is 4.83. The standard InChI is InChI=1S/C8H11N3O2S.C4H10O/c12-7(13)8(14)3-5-4-9-2-1-6(5)10-11-8;1-3-5-4-2/h3,9,11,14H,1-2,4H2,(H,12,13);3-4H2,1-2H3. The molecule has 0 saturated carbocycles. The topological polar surface area (TPSA) is 83.0 Å². The lowest BCUT2D eigenvalue weighted by atomic mass is 10.00. The van der Waals surface area contributed by atoms with Gasteiger partial charge in [0, 0.05) is 32.7 Å². The van der Waals surface area contributed by atoms with Crippen LogP contribution in [0.2, 0.25) is 0 Å². The molecule has 3 N–H and O–H groups in total. The highest BCUT2D eigenvalue weighted by atomic mass is 32.1. The van der Waals surface area contributed by atoms with Crippen LogP contribution in [-0.4, -0.2) is 48.0 Å². The number of hydrogen-bond acceptors (Lipinski definition) is 6. The molecule has 2 heterocycles. The van der Waals surface area contributed by atoms with Crippen LogP contribution in [0.25, 0.3) is 0 Å². The molecule has 0 radical (unpaired) electrons. The minimum Gasteiger partial charge on any atom is -0.479 e. The molecule has 0 aromatic heterocycles. The first kappa shape index (κ1) is 16.0. The Morgan fingerprint density at radius 1 is 1.58 bits per heavy atom. The second-order valence-electron chi connectivity index (χ2n) is 4.12. The molecule has 1 saturated heterocycles. The van der Waals surface area contributed by atoms with Crippen molar-refractivity contribution in [3.8, 4) is 0 Å². The van der Waals surface area contributed by atoms with E-state index in [4.69, 9.17) is 9.84 Å². The second-order valence-corrected chi connectivity index (χ2v) is 4.83. The fourth-order valence-electron chi connectivity index (χ4n) is 1.71. The minimum absolute atomic E-state index is 0.663. The molecule has 1 fully saturated rings. The van der Waals surface area contributed by atoms with E-state index in [0.29, 0.717) is 6.54 Å².